The van der Waals surface area contributed by atoms with Crippen molar-refractivity contribution in [1.82, 2.24) is 20.1 Å². The normalized spacial score (nSPS) is 20.4. The molecule has 1 aromatic heterocycles. The molecule has 1 atom stereocenters. The van der Waals surface area contributed by atoms with Crippen LogP contribution in [0, 0.1) is 12.8 Å². The fourth-order valence-corrected chi connectivity index (χ4v) is 2.79. The summed E-state index contributed by atoms with van der Waals surface area (Å²) in [6, 6.07) is 0. The van der Waals surface area contributed by atoms with Gasteiger partial charge in [0, 0.05) is 26.7 Å². The minimum Gasteiger partial charge on any atom is -0.385 e. The van der Waals surface area contributed by atoms with Gasteiger partial charge in [0.15, 0.2) is 0 Å². The van der Waals surface area contributed by atoms with Gasteiger partial charge in [-0.15, -0.1) is 10.2 Å². The molecule has 1 aliphatic heterocycles. The summed E-state index contributed by atoms with van der Waals surface area (Å²) in [5.41, 5.74) is 0. The van der Waals surface area contributed by atoms with Gasteiger partial charge in [0.2, 0.25) is 0 Å². The molecule has 0 aromatic carbocycles. The summed E-state index contributed by atoms with van der Waals surface area (Å²) in [5, 5.41) is 12.1. The maximum absolute atomic E-state index is 5.12. The van der Waals surface area contributed by atoms with Gasteiger partial charge in [-0.1, -0.05) is 0 Å². The molecule has 19 heavy (non-hydrogen) atoms. The van der Waals surface area contributed by atoms with Gasteiger partial charge in [-0.25, -0.2) is 0 Å². The lowest BCUT2D eigenvalue weighted by Crippen LogP contribution is -2.16. The van der Waals surface area contributed by atoms with Gasteiger partial charge in [0.25, 0.3) is 0 Å². The molecule has 0 spiro atoms. The zero-order valence-electron chi connectivity index (χ0n) is 12.2. The number of rotatable bonds is 6. The topological polar surface area (TPSA) is 52.0 Å². The Labute approximate surface area is 115 Å². The molecule has 1 aliphatic rings. The number of aromatic nitrogens is 3. The molecule has 0 radical (unpaired) electrons. The number of aryl methyl sites for hydroxylation is 1. The third-order valence-corrected chi connectivity index (χ3v) is 3.91. The maximum atomic E-state index is 5.12. The van der Waals surface area contributed by atoms with Crippen molar-refractivity contribution in [3.05, 3.63) is 11.6 Å². The molecule has 0 amide bonds. The Hall–Kier alpha value is -0.940. The summed E-state index contributed by atoms with van der Waals surface area (Å²) in [4.78, 5) is 0. The maximum Gasteiger partial charge on any atom is 0.133 e. The van der Waals surface area contributed by atoms with Crippen molar-refractivity contribution in [2.75, 3.05) is 26.8 Å². The van der Waals surface area contributed by atoms with Gasteiger partial charge >= 0.3 is 0 Å². The predicted molar refractivity (Wildman–Crippen MR) is 75.2 cm³/mol. The van der Waals surface area contributed by atoms with Crippen molar-refractivity contribution in [2.45, 2.75) is 45.6 Å². The van der Waals surface area contributed by atoms with E-state index in [1.807, 2.05) is 6.92 Å². The molecule has 2 heterocycles. The van der Waals surface area contributed by atoms with E-state index in [1.165, 1.54) is 19.3 Å². The highest BCUT2D eigenvalue weighted by atomic mass is 16.5. The van der Waals surface area contributed by atoms with Gasteiger partial charge in [0.1, 0.15) is 11.6 Å². The van der Waals surface area contributed by atoms with Crippen LogP contribution in [-0.4, -0.2) is 41.6 Å². The number of ether oxygens (including phenoxy) is 1. The first-order valence-electron chi connectivity index (χ1n) is 7.39. The largest absolute Gasteiger partial charge is 0.385 e. The second-order valence-corrected chi connectivity index (χ2v) is 5.41. The van der Waals surface area contributed by atoms with E-state index in [0.717, 1.165) is 56.6 Å². The van der Waals surface area contributed by atoms with Crippen molar-refractivity contribution in [3.63, 3.8) is 0 Å². The molecule has 2 rings (SSSR count). The van der Waals surface area contributed by atoms with E-state index in [1.54, 1.807) is 7.11 Å². The fourth-order valence-electron chi connectivity index (χ4n) is 2.79. The predicted octanol–water partition coefficient (Wildman–Crippen LogP) is 1.56. The van der Waals surface area contributed by atoms with Crippen LogP contribution in [0.15, 0.2) is 0 Å². The number of nitrogens with one attached hydrogen (secondary N) is 1. The van der Waals surface area contributed by atoms with E-state index < -0.39 is 0 Å². The summed E-state index contributed by atoms with van der Waals surface area (Å²) in [6.45, 7) is 6.10. The molecular formula is C14H26N4O. The molecule has 1 N–H and O–H groups in total. The third kappa shape index (κ3) is 4.28. The molecule has 1 unspecified atom stereocenters. The summed E-state index contributed by atoms with van der Waals surface area (Å²) >= 11 is 0. The number of methoxy groups -OCH3 is 1. The lowest BCUT2D eigenvalue weighted by Gasteiger charge is -2.14. The van der Waals surface area contributed by atoms with Crippen LogP contribution in [0.1, 0.15) is 37.3 Å². The van der Waals surface area contributed by atoms with Crippen molar-refractivity contribution in [3.8, 4) is 0 Å². The monoisotopic (exact) mass is 266 g/mol. The number of hydrogen-bond acceptors (Lipinski definition) is 4. The van der Waals surface area contributed by atoms with Crippen molar-refractivity contribution in [1.29, 1.82) is 0 Å². The Balaban J connectivity index is 1.94. The molecular weight excluding hydrogens is 240 g/mol. The van der Waals surface area contributed by atoms with Crippen LogP contribution in [0.4, 0.5) is 0 Å². The molecule has 0 aliphatic carbocycles. The smallest absolute Gasteiger partial charge is 0.133 e. The van der Waals surface area contributed by atoms with Crippen LogP contribution in [0.3, 0.4) is 0 Å². The van der Waals surface area contributed by atoms with Crippen LogP contribution < -0.4 is 5.32 Å². The molecule has 108 valence electrons. The van der Waals surface area contributed by atoms with E-state index in [-0.39, 0.29) is 0 Å². The molecule has 1 fully saturated rings. The minimum atomic E-state index is 0.750. The number of nitrogens with zero attached hydrogens (tertiary/aromatic N) is 3. The Morgan fingerprint density at radius 3 is 3.05 bits per heavy atom. The van der Waals surface area contributed by atoms with E-state index in [0.29, 0.717) is 0 Å². The zero-order valence-corrected chi connectivity index (χ0v) is 12.2. The highest BCUT2D eigenvalue weighted by Crippen LogP contribution is 2.19. The van der Waals surface area contributed by atoms with E-state index in [4.69, 9.17) is 4.74 Å². The lowest BCUT2D eigenvalue weighted by atomic mass is 9.96. The average Bonchev–Trinajstić information content (AvgIpc) is 2.63. The first kappa shape index (κ1) is 14.5. The molecule has 0 saturated carbocycles. The fraction of sp³-hybridized carbons (Fsp3) is 0.857. The summed E-state index contributed by atoms with van der Waals surface area (Å²) in [6.07, 6.45) is 5.92. The molecule has 1 aromatic rings. The van der Waals surface area contributed by atoms with E-state index in [2.05, 4.69) is 20.1 Å². The van der Waals surface area contributed by atoms with E-state index >= 15 is 0 Å². The number of hydrogen-bond donors (Lipinski definition) is 1. The van der Waals surface area contributed by atoms with Crippen molar-refractivity contribution in [2.24, 2.45) is 5.92 Å². The second kappa shape index (κ2) is 7.60. The van der Waals surface area contributed by atoms with E-state index in [9.17, 15) is 0 Å². The van der Waals surface area contributed by atoms with Gasteiger partial charge < -0.3 is 14.6 Å². The summed E-state index contributed by atoms with van der Waals surface area (Å²) in [7, 11) is 1.75. The highest BCUT2D eigenvalue weighted by molar-refractivity contribution is 4.96. The molecule has 0 bridgehead atoms. The minimum absolute atomic E-state index is 0.750. The first-order chi connectivity index (χ1) is 9.31. The summed E-state index contributed by atoms with van der Waals surface area (Å²) < 4.78 is 7.39. The quantitative estimate of drug-likeness (QED) is 0.794. The Morgan fingerprint density at radius 1 is 1.32 bits per heavy atom. The van der Waals surface area contributed by atoms with Gasteiger partial charge in [0.05, 0.1) is 0 Å². The van der Waals surface area contributed by atoms with Crippen LogP contribution in [0.2, 0.25) is 0 Å². The van der Waals surface area contributed by atoms with Crippen LogP contribution in [-0.2, 0) is 17.7 Å². The van der Waals surface area contributed by atoms with Crippen molar-refractivity contribution < 1.29 is 4.74 Å². The molecule has 5 nitrogen and oxygen atoms in total. The Kier molecular flexibility index (Phi) is 5.79. The SMILES string of the molecule is COCCCn1c(C)nnc1CC1CCCNCC1. The first-order valence-corrected chi connectivity index (χ1v) is 7.39. The van der Waals surface area contributed by atoms with Gasteiger partial charge in [-0.3, -0.25) is 0 Å². The zero-order chi connectivity index (χ0) is 13.5. The van der Waals surface area contributed by atoms with Crippen molar-refractivity contribution >= 4 is 0 Å². The average molecular weight is 266 g/mol. The lowest BCUT2D eigenvalue weighted by molar-refractivity contribution is 0.189. The standard InChI is InChI=1S/C14H26N4O/c1-12-16-17-14(18(12)9-4-10-19-2)11-13-5-3-7-15-8-6-13/h13,15H,3-11H2,1-2H3. The van der Waals surface area contributed by atoms with Crippen LogP contribution in [0.5, 0.6) is 0 Å². The Bertz CT molecular complexity index is 370. The molecule has 1 saturated heterocycles. The second-order valence-electron chi connectivity index (χ2n) is 5.41. The molecule has 5 heteroatoms. The van der Waals surface area contributed by atoms with Gasteiger partial charge in [-0.05, 0) is 51.6 Å². The Morgan fingerprint density at radius 2 is 2.21 bits per heavy atom. The third-order valence-electron chi connectivity index (χ3n) is 3.91. The van der Waals surface area contributed by atoms with Gasteiger partial charge in [-0.2, -0.15) is 0 Å². The summed E-state index contributed by atoms with van der Waals surface area (Å²) in [5.74, 6) is 2.93. The highest BCUT2D eigenvalue weighted by Gasteiger charge is 2.17. The van der Waals surface area contributed by atoms with Crippen LogP contribution in [0.25, 0.3) is 0 Å². The van der Waals surface area contributed by atoms with Crippen LogP contribution >= 0.6 is 0 Å².